The predicted octanol–water partition coefficient (Wildman–Crippen LogP) is 4.24. The van der Waals surface area contributed by atoms with E-state index in [4.69, 9.17) is 18.9 Å². The van der Waals surface area contributed by atoms with Crippen LogP contribution in [0.3, 0.4) is 0 Å². The lowest BCUT2D eigenvalue weighted by Crippen LogP contribution is -2.50. The number of carbonyl (C=O) groups is 1. The second-order valence-corrected chi connectivity index (χ2v) is 8.12. The molecule has 1 aliphatic carbocycles. The lowest BCUT2D eigenvalue weighted by Gasteiger charge is -2.37. The Morgan fingerprint density at radius 2 is 1.52 bits per heavy atom. The summed E-state index contributed by atoms with van der Waals surface area (Å²) in [5.41, 5.74) is -0.827. The summed E-state index contributed by atoms with van der Waals surface area (Å²) in [4.78, 5) is 13.9. The first-order chi connectivity index (χ1) is 15.9. The molecule has 0 aromatic heterocycles. The molecule has 0 saturated carbocycles. The summed E-state index contributed by atoms with van der Waals surface area (Å²) in [6.07, 6.45) is 0. The molecule has 6 nitrogen and oxygen atoms in total. The Kier molecular flexibility index (Phi) is 4.72. The lowest BCUT2D eigenvalue weighted by molar-refractivity contribution is -0.146. The van der Waals surface area contributed by atoms with E-state index in [2.05, 4.69) is 0 Å². The maximum Gasteiger partial charge on any atom is 0.208 e. The number of hydrogen-bond donors (Lipinski definition) is 1. The van der Waals surface area contributed by atoms with E-state index in [0.29, 0.717) is 39.7 Å². The highest BCUT2D eigenvalue weighted by atomic mass is 16.5. The zero-order chi connectivity index (χ0) is 23.4. The molecule has 1 N–H and O–H groups in total. The van der Waals surface area contributed by atoms with Gasteiger partial charge < -0.3 is 24.1 Å². The molecule has 0 spiro atoms. The third-order valence-corrected chi connectivity index (χ3v) is 6.58. The van der Waals surface area contributed by atoms with Gasteiger partial charge in [0, 0.05) is 28.8 Å². The Labute approximate surface area is 192 Å². The van der Waals surface area contributed by atoms with Gasteiger partial charge in [0.2, 0.25) is 11.2 Å². The monoisotopic (exact) mass is 444 g/mol. The van der Waals surface area contributed by atoms with Gasteiger partial charge in [0.05, 0.1) is 26.9 Å². The van der Waals surface area contributed by atoms with E-state index < -0.39 is 17.0 Å². The number of aliphatic hydroxyl groups is 1. The van der Waals surface area contributed by atoms with Crippen molar-refractivity contribution in [1.29, 1.82) is 0 Å². The van der Waals surface area contributed by atoms with Crippen molar-refractivity contribution in [1.82, 2.24) is 0 Å². The average Bonchev–Trinajstić information content (AvgIpc) is 3.21. The smallest absolute Gasteiger partial charge is 0.208 e. The Morgan fingerprint density at radius 3 is 2.12 bits per heavy atom. The molecule has 0 bridgehead atoms. The number of benzene rings is 3. The van der Waals surface area contributed by atoms with Crippen LogP contribution < -0.4 is 18.9 Å². The van der Waals surface area contributed by atoms with Crippen LogP contribution in [0.4, 0.5) is 0 Å². The van der Waals surface area contributed by atoms with Gasteiger partial charge >= 0.3 is 0 Å². The Morgan fingerprint density at radius 1 is 0.848 bits per heavy atom. The van der Waals surface area contributed by atoms with Crippen LogP contribution in [-0.4, -0.2) is 32.2 Å². The minimum atomic E-state index is -2.04. The molecule has 33 heavy (non-hydrogen) atoms. The molecule has 0 radical (unpaired) electrons. The third kappa shape index (κ3) is 2.61. The number of carbonyl (C=O) groups excluding carboxylic acids is 1. The van der Waals surface area contributed by atoms with Crippen LogP contribution in [0.5, 0.6) is 23.0 Å². The highest BCUT2D eigenvalue weighted by Gasteiger charge is 2.72. The van der Waals surface area contributed by atoms with Gasteiger partial charge in [0.25, 0.3) is 0 Å². The van der Waals surface area contributed by atoms with Crippen molar-refractivity contribution < 1.29 is 28.8 Å². The third-order valence-electron chi connectivity index (χ3n) is 6.58. The standard InChI is InChI=1S/C27H24O6/c1-16-23(17-8-6-5-7-9-17)27(18-10-12-19(30-2)13-11-18)26(29,25(16)28)24-21(32-4)14-20(31-3)15-22(24)33-27/h5-15,29H,1-4H3/t26-,27-/m0/s1. The molecule has 0 saturated heterocycles. The van der Waals surface area contributed by atoms with Crippen LogP contribution in [0.15, 0.2) is 72.3 Å². The van der Waals surface area contributed by atoms with Crippen molar-refractivity contribution in [2.75, 3.05) is 21.3 Å². The van der Waals surface area contributed by atoms with Crippen LogP contribution in [0.25, 0.3) is 5.57 Å². The van der Waals surface area contributed by atoms with Crippen molar-refractivity contribution in [2.24, 2.45) is 0 Å². The second kappa shape index (κ2) is 7.39. The molecule has 0 unspecified atom stereocenters. The minimum absolute atomic E-state index is 0.289. The SMILES string of the molecule is COc1ccc([C@@]23Oc4cc(OC)cc(OC)c4[C@]2(O)C(=O)C(C)=C3c2ccccc2)cc1. The molecule has 5 rings (SSSR count). The summed E-state index contributed by atoms with van der Waals surface area (Å²) >= 11 is 0. The van der Waals surface area contributed by atoms with Crippen molar-refractivity contribution in [2.45, 2.75) is 18.1 Å². The highest BCUT2D eigenvalue weighted by molar-refractivity contribution is 6.17. The van der Waals surface area contributed by atoms with Crippen molar-refractivity contribution in [3.05, 3.63) is 89.0 Å². The average molecular weight is 444 g/mol. The topological polar surface area (TPSA) is 74.2 Å². The van der Waals surface area contributed by atoms with Crippen molar-refractivity contribution in [3.8, 4) is 23.0 Å². The first kappa shape index (κ1) is 21.1. The van der Waals surface area contributed by atoms with Gasteiger partial charge in [0.15, 0.2) is 5.78 Å². The molecule has 2 atom stereocenters. The van der Waals surface area contributed by atoms with E-state index in [1.165, 1.54) is 14.2 Å². The number of Topliss-reactive ketones (excluding diaryl/α,β-unsaturated/α-hetero) is 1. The predicted molar refractivity (Wildman–Crippen MR) is 123 cm³/mol. The van der Waals surface area contributed by atoms with Gasteiger partial charge in [-0.05, 0) is 24.6 Å². The van der Waals surface area contributed by atoms with Crippen LogP contribution in [-0.2, 0) is 16.0 Å². The zero-order valence-electron chi connectivity index (χ0n) is 18.8. The molecule has 6 heteroatoms. The number of methoxy groups -OCH3 is 3. The minimum Gasteiger partial charge on any atom is -0.497 e. The van der Waals surface area contributed by atoms with Gasteiger partial charge in [-0.1, -0.05) is 42.5 Å². The molecular formula is C27H24O6. The summed E-state index contributed by atoms with van der Waals surface area (Å²) in [6.45, 7) is 1.73. The Balaban J connectivity index is 1.87. The van der Waals surface area contributed by atoms with Crippen LogP contribution in [0.2, 0.25) is 0 Å². The molecule has 3 aromatic rings. The maximum atomic E-state index is 13.9. The van der Waals surface area contributed by atoms with Gasteiger partial charge in [-0.3, -0.25) is 4.79 Å². The number of ketones is 1. The number of ether oxygens (including phenoxy) is 4. The van der Waals surface area contributed by atoms with Gasteiger partial charge in [0.1, 0.15) is 23.0 Å². The van der Waals surface area contributed by atoms with E-state index in [1.54, 1.807) is 38.3 Å². The van der Waals surface area contributed by atoms with Crippen LogP contribution in [0, 0.1) is 0 Å². The van der Waals surface area contributed by atoms with Crippen molar-refractivity contribution >= 4 is 11.4 Å². The molecule has 1 aliphatic heterocycles. The summed E-state index contributed by atoms with van der Waals surface area (Å²) in [7, 11) is 4.61. The Bertz CT molecular complexity index is 1280. The number of rotatable bonds is 5. The van der Waals surface area contributed by atoms with E-state index in [1.807, 2.05) is 42.5 Å². The van der Waals surface area contributed by atoms with Gasteiger partial charge in [-0.2, -0.15) is 0 Å². The quantitative estimate of drug-likeness (QED) is 0.635. The second-order valence-electron chi connectivity index (χ2n) is 8.12. The lowest BCUT2D eigenvalue weighted by atomic mass is 9.72. The van der Waals surface area contributed by atoms with Gasteiger partial charge in [-0.15, -0.1) is 0 Å². The largest absolute Gasteiger partial charge is 0.497 e. The molecule has 3 aromatic carbocycles. The summed E-state index contributed by atoms with van der Waals surface area (Å²) in [5, 5.41) is 12.4. The van der Waals surface area contributed by atoms with E-state index >= 15 is 0 Å². The molecule has 168 valence electrons. The van der Waals surface area contributed by atoms with Crippen LogP contribution >= 0.6 is 0 Å². The molecular weight excluding hydrogens is 420 g/mol. The highest BCUT2D eigenvalue weighted by Crippen LogP contribution is 2.66. The number of fused-ring (bicyclic) bond motifs is 3. The van der Waals surface area contributed by atoms with E-state index in [9.17, 15) is 9.90 Å². The fourth-order valence-electron chi connectivity index (χ4n) is 5.11. The van der Waals surface area contributed by atoms with Gasteiger partial charge in [-0.25, -0.2) is 0 Å². The molecule has 1 heterocycles. The molecule has 0 amide bonds. The maximum absolute atomic E-state index is 13.9. The molecule has 0 fully saturated rings. The van der Waals surface area contributed by atoms with E-state index in [0.717, 1.165) is 5.56 Å². The number of hydrogen-bond acceptors (Lipinski definition) is 6. The zero-order valence-corrected chi connectivity index (χ0v) is 18.8. The normalized spacial score (nSPS) is 23.1. The fourth-order valence-corrected chi connectivity index (χ4v) is 5.11. The summed E-state index contributed by atoms with van der Waals surface area (Å²) in [6, 6.07) is 20.0. The van der Waals surface area contributed by atoms with Crippen molar-refractivity contribution in [3.63, 3.8) is 0 Å². The van der Waals surface area contributed by atoms with E-state index in [-0.39, 0.29) is 5.56 Å². The first-order valence-electron chi connectivity index (χ1n) is 10.6. The Hall–Kier alpha value is -3.77. The first-order valence-corrected chi connectivity index (χ1v) is 10.6. The fraction of sp³-hybridized carbons (Fsp3) is 0.222. The summed E-state index contributed by atoms with van der Waals surface area (Å²) in [5.74, 6) is 1.36. The van der Waals surface area contributed by atoms with Crippen LogP contribution in [0.1, 0.15) is 23.6 Å². The molecule has 2 aliphatic rings. The summed E-state index contributed by atoms with van der Waals surface area (Å²) < 4.78 is 23.0.